The van der Waals surface area contributed by atoms with E-state index in [-0.39, 0.29) is 0 Å². The summed E-state index contributed by atoms with van der Waals surface area (Å²) in [5, 5.41) is 6.85. The van der Waals surface area contributed by atoms with Crippen molar-refractivity contribution in [2.24, 2.45) is 0 Å². The van der Waals surface area contributed by atoms with E-state index in [1.807, 2.05) is 0 Å². The second-order valence-electron chi connectivity index (χ2n) is 5.44. The highest BCUT2D eigenvalue weighted by Crippen LogP contribution is 2.29. The highest BCUT2D eigenvalue weighted by molar-refractivity contribution is 7.16. The molecule has 2 aromatic rings. The number of ether oxygens (including phenoxy) is 1. The molecule has 1 N–H and O–H groups in total. The van der Waals surface area contributed by atoms with Gasteiger partial charge in [-0.25, -0.2) is 9.97 Å². The summed E-state index contributed by atoms with van der Waals surface area (Å²) in [5.74, 6) is 1.06. The molecule has 6 heteroatoms. The topological polar surface area (TPSA) is 50.3 Å². The van der Waals surface area contributed by atoms with Crippen LogP contribution >= 0.6 is 11.3 Å². The molecular formula is C14H18N4OS. The molecule has 1 saturated carbocycles. The van der Waals surface area contributed by atoms with Crippen molar-refractivity contribution in [3.05, 3.63) is 17.8 Å². The molecule has 1 aliphatic heterocycles. The summed E-state index contributed by atoms with van der Waals surface area (Å²) in [5.41, 5.74) is 0. The zero-order valence-corrected chi connectivity index (χ0v) is 12.1. The third-order valence-corrected chi connectivity index (χ3v) is 4.78. The summed E-state index contributed by atoms with van der Waals surface area (Å²) >= 11 is 1.67. The maximum Gasteiger partial charge on any atom is 0.141 e. The van der Waals surface area contributed by atoms with Crippen LogP contribution < -0.4 is 10.2 Å². The first kappa shape index (κ1) is 12.5. The Morgan fingerprint density at radius 3 is 3.25 bits per heavy atom. The number of nitrogens with one attached hydrogen (secondary N) is 1. The van der Waals surface area contributed by atoms with Crippen LogP contribution in [0.3, 0.4) is 0 Å². The van der Waals surface area contributed by atoms with Crippen molar-refractivity contribution in [2.75, 3.05) is 31.2 Å². The molecule has 0 amide bonds. The average Bonchev–Trinajstić information content (AvgIpc) is 3.20. The number of fused-ring (bicyclic) bond motifs is 1. The van der Waals surface area contributed by atoms with Crippen LogP contribution in [0.5, 0.6) is 0 Å². The average molecular weight is 290 g/mol. The van der Waals surface area contributed by atoms with Gasteiger partial charge in [0.1, 0.15) is 17.0 Å². The number of hydrogen-bond donors (Lipinski definition) is 1. The van der Waals surface area contributed by atoms with E-state index in [0.29, 0.717) is 6.04 Å². The second kappa shape index (κ2) is 5.27. The van der Waals surface area contributed by atoms with E-state index in [2.05, 4.69) is 31.6 Å². The zero-order chi connectivity index (χ0) is 13.4. The molecule has 1 unspecified atom stereocenters. The predicted octanol–water partition coefficient (Wildman–Crippen LogP) is 1.65. The Hall–Kier alpha value is -1.24. The van der Waals surface area contributed by atoms with Crippen molar-refractivity contribution in [3.63, 3.8) is 0 Å². The Morgan fingerprint density at radius 2 is 2.35 bits per heavy atom. The molecule has 20 heavy (non-hydrogen) atoms. The van der Waals surface area contributed by atoms with Crippen molar-refractivity contribution in [2.45, 2.75) is 24.9 Å². The molecule has 0 radical (unpaired) electrons. The minimum Gasteiger partial charge on any atom is -0.377 e. The fraction of sp³-hybridized carbons (Fsp3) is 0.571. The molecule has 5 nitrogen and oxygen atoms in total. The van der Waals surface area contributed by atoms with Gasteiger partial charge in [0.25, 0.3) is 0 Å². The zero-order valence-electron chi connectivity index (χ0n) is 11.3. The largest absolute Gasteiger partial charge is 0.377 e. The van der Waals surface area contributed by atoms with Crippen molar-refractivity contribution in [3.8, 4) is 0 Å². The van der Waals surface area contributed by atoms with Crippen molar-refractivity contribution in [1.29, 1.82) is 0 Å². The first-order chi connectivity index (χ1) is 9.92. The highest BCUT2D eigenvalue weighted by Gasteiger charge is 2.28. The Balaban J connectivity index is 1.61. The normalized spacial score (nSPS) is 23.4. The third kappa shape index (κ3) is 2.39. The van der Waals surface area contributed by atoms with Gasteiger partial charge in [-0.15, -0.1) is 11.3 Å². The third-order valence-electron chi connectivity index (χ3n) is 3.96. The van der Waals surface area contributed by atoms with Gasteiger partial charge in [0.15, 0.2) is 0 Å². The molecule has 0 bridgehead atoms. The Kier molecular flexibility index (Phi) is 3.29. The molecular weight excluding hydrogens is 272 g/mol. The Bertz CT molecular complexity index is 598. The summed E-state index contributed by atoms with van der Waals surface area (Å²) < 4.78 is 5.66. The van der Waals surface area contributed by atoms with Gasteiger partial charge in [-0.05, 0) is 24.3 Å². The molecule has 2 fully saturated rings. The molecule has 2 aromatic heterocycles. The lowest BCUT2D eigenvalue weighted by molar-refractivity contribution is 0.0934. The maximum atomic E-state index is 5.66. The van der Waals surface area contributed by atoms with Crippen LogP contribution in [0.2, 0.25) is 0 Å². The van der Waals surface area contributed by atoms with E-state index in [0.717, 1.165) is 48.4 Å². The number of hydrogen-bond acceptors (Lipinski definition) is 6. The van der Waals surface area contributed by atoms with Gasteiger partial charge in [-0.1, -0.05) is 0 Å². The molecule has 106 valence electrons. The van der Waals surface area contributed by atoms with Gasteiger partial charge in [-0.2, -0.15) is 0 Å². The maximum absolute atomic E-state index is 5.66. The van der Waals surface area contributed by atoms with Crippen LogP contribution in [0.1, 0.15) is 12.8 Å². The molecule has 2 aliphatic rings. The van der Waals surface area contributed by atoms with Crippen molar-refractivity contribution >= 4 is 27.4 Å². The van der Waals surface area contributed by atoms with Crippen LogP contribution in [0.4, 0.5) is 5.82 Å². The molecule has 3 heterocycles. The number of rotatable bonds is 4. The molecule has 1 saturated heterocycles. The van der Waals surface area contributed by atoms with E-state index >= 15 is 0 Å². The van der Waals surface area contributed by atoms with Gasteiger partial charge in [0, 0.05) is 19.1 Å². The van der Waals surface area contributed by atoms with Gasteiger partial charge in [0.2, 0.25) is 0 Å². The smallest absolute Gasteiger partial charge is 0.141 e. The van der Waals surface area contributed by atoms with Crippen molar-refractivity contribution in [1.82, 2.24) is 15.3 Å². The fourth-order valence-corrected chi connectivity index (χ4v) is 3.43. The van der Waals surface area contributed by atoms with Crippen LogP contribution in [0.15, 0.2) is 17.8 Å². The lowest BCUT2D eigenvalue weighted by atomic mass is 10.2. The summed E-state index contributed by atoms with van der Waals surface area (Å²) in [7, 11) is 0. The van der Waals surface area contributed by atoms with E-state index in [1.54, 1.807) is 17.7 Å². The number of nitrogens with zero attached hydrogens (tertiary/aromatic N) is 3. The number of morpholine rings is 1. The second-order valence-corrected chi connectivity index (χ2v) is 6.34. The summed E-state index contributed by atoms with van der Waals surface area (Å²) in [4.78, 5) is 12.3. The molecule has 0 spiro atoms. The highest BCUT2D eigenvalue weighted by atomic mass is 32.1. The Labute approximate surface area is 122 Å². The lowest BCUT2D eigenvalue weighted by Gasteiger charge is -2.37. The minimum absolute atomic E-state index is 0.363. The standard InChI is InChI=1S/C14H18N4OS/c1-2-10(1)15-7-11-8-19-5-4-18(11)13-12-3-6-20-14(12)17-9-16-13/h3,6,9-11,15H,1-2,4-5,7-8H2. The summed E-state index contributed by atoms with van der Waals surface area (Å²) in [6, 6.07) is 3.21. The van der Waals surface area contributed by atoms with Crippen LogP contribution in [0.25, 0.3) is 10.2 Å². The van der Waals surface area contributed by atoms with E-state index < -0.39 is 0 Å². The lowest BCUT2D eigenvalue weighted by Crippen LogP contribution is -2.51. The summed E-state index contributed by atoms with van der Waals surface area (Å²) in [6.45, 7) is 3.42. The minimum atomic E-state index is 0.363. The molecule has 0 aromatic carbocycles. The molecule has 1 aliphatic carbocycles. The van der Waals surface area contributed by atoms with Crippen LogP contribution in [-0.2, 0) is 4.74 Å². The first-order valence-corrected chi connectivity index (χ1v) is 8.06. The summed E-state index contributed by atoms with van der Waals surface area (Å²) in [6.07, 6.45) is 4.31. The number of thiophene rings is 1. The van der Waals surface area contributed by atoms with Gasteiger partial charge >= 0.3 is 0 Å². The first-order valence-electron chi connectivity index (χ1n) is 7.18. The monoisotopic (exact) mass is 290 g/mol. The quantitative estimate of drug-likeness (QED) is 0.928. The van der Waals surface area contributed by atoms with Gasteiger partial charge in [0.05, 0.1) is 24.6 Å². The van der Waals surface area contributed by atoms with Gasteiger partial charge < -0.3 is 15.0 Å². The SMILES string of the molecule is c1nc(N2CCOCC2CNC2CC2)c2ccsc2n1. The van der Waals surface area contributed by atoms with E-state index in [9.17, 15) is 0 Å². The van der Waals surface area contributed by atoms with Crippen molar-refractivity contribution < 1.29 is 4.74 Å². The molecule has 4 rings (SSSR count). The van der Waals surface area contributed by atoms with E-state index in [4.69, 9.17) is 4.74 Å². The van der Waals surface area contributed by atoms with Gasteiger partial charge in [-0.3, -0.25) is 0 Å². The van der Waals surface area contributed by atoms with E-state index in [1.165, 1.54) is 12.8 Å². The molecule has 1 atom stereocenters. The van der Waals surface area contributed by atoms with Crippen LogP contribution in [-0.4, -0.2) is 48.4 Å². The number of anilines is 1. The predicted molar refractivity (Wildman–Crippen MR) is 80.4 cm³/mol. The number of aromatic nitrogens is 2. The van der Waals surface area contributed by atoms with Crippen LogP contribution in [0, 0.1) is 0 Å². The fourth-order valence-electron chi connectivity index (χ4n) is 2.70. The Morgan fingerprint density at radius 1 is 1.40 bits per heavy atom.